The fourth-order valence-corrected chi connectivity index (χ4v) is 3.63. The van der Waals surface area contributed by atoms with Crippen LogP contribution in [0.4, 0.5) is 5.69 Å². The smallest absolute Gasteiger partial charge is 0.121 e. The van der Waals surface area contributed by atoms with Crippen LogP contribution in [0.2, 0.25) is 19.6 Å². The van der Waals surface area contributed by atoms with Gasteiger partial charge in [-0.1, -0.05) is 19.6 Å². The molecule has 0 radical (unpaired) electrons. The van der Waals surface area contributed by atoms with Gasteiger partial charge >= 0.3 is 0 Å². The lowest BCUT2D eigenvalue weighted by Crippen LogP contribution is -2.48. The fraction of sp³-hybridized carbons (Fsp3) is 0.647. The van der Waals surface area contributed by atoms with Crippen molar-refractivity contribution in [3.63, 3.8) is 0 Å². The molecule has 0 saturated carbocycles. The van der Waals surface area contributed by atoms with Crippen molar-refractivity contribution in [2.24, 2.45) is 0 Å². The monoisotopic (exact) mass is 335 g/mol. The number of pyridine rings is 1. The van der Waals surface area contributed by atoms with Gasteiger partial charge in [0.05, 0.1) is 30.9 Å². The molecule has 1 atom stereocenters. The molecule has 0 amide bonds. The first-order valence-electron chi connectivity index (χ1n) is 8.35. The molecule has 1 unspecified atom stereocenters. The van der Waals surface area contributed by atoms with Crippen LogP contribution in [-0.2, 0) is 10.0 Å². The number of anilines is 1. The second-order valence-corrected chi connectivity index (χ2v) is 13.0. The van der Waals surface area contributed by atoms with Gasteiger partial charge in [-0.15, -0.1) is 0 Å². The summed E-state index contributed by atoms with van der Waals surface area (Å²) in [6, 6.07) is 4.03. The average Bonchev–Trinajstić information content (AvgIpc) is 2.52. The maximum absolute atomic E-state index is 10.8. The van der Waals surface area contributed by atoms with E-state index >= 15 is 0 Å². The van der Waals surface area contributed by atoms with Crippen molar-refractivity contribution >= 4 is 20.0 Å². The molecule has 0 bridgehead atoms. The highest BCUT2D eigenvalue weighted by atomic mass is 28.3. The topological polar surface area (TPSA) is 56.7 Å². The van der Waals surface area contributed by atoms with Gasteiger partial charge in [0.1, 0.15) is 6.29 Å². The van der Waals surface area contributed by atoms with E-state index in [4.69, 9.17) is 0 Å². The maximum atomic E-state index is 10.8. The molecule has 1 aliphatic heterocycles. The lowest BCUT2D eigenvalue weighted by atomic mass is 10.2. The number of carbonyl (C=O) groups is 1. The summed E-state index contributed by atoms with van der Waals surface area (Å²) in [5.41, 5.74) is 1.88. The second kappa shape index (κ2) is 7.11. The number of hydrogen-bond donors (Lipinski definition) is 1. The van der Waals surface area contributed by atoms with Crippen LogP contribution in [-0.4, -0.2) is 62.1 Å². The highest BCUT2D eigenvalue weighted by Gasteiger charge is 2.39. The van der Waals surface area contributed by atoms with Crippen molar-refractivity contribution in [3.8, 4) is 0 Å². The van der Waals surface area contributed by atoms with Gasteiger partial charge in [0.2, 0.25) is 0 Å². The second-order valence-electron chi connectivity index (χ2n) is 7.51. The van der Waals surface area contributed by atoms with Crippen molar-refractivity contribution < 1.29 is 9.90 Å². The minimum Gasteiger partial charge on any atom is -0.388 e. The number of nitrogens with zero attached hydrogens (tertiary/aromatic N) is 3. The number of carbonyl (C=O) groups excluding carboxylic acids is 1. The summed E-state index contributed by atoms with van der Waals surface area (Å²) in [5.74, 6) is 0. The quantitative estimate of drug-likeness (QED) is 0.635. The Kier molecular flexibility index (Phi) is 5.60. The molecule has 1 aromatic rings. The molecule has 0 aromatic carbocycles. The van der Waals surface area contributed by atoms with E-state index in [0.29, 0.717) is 6.42 Å². The Morgan fingerprint density at radius 2 is 1.91 bits per heavy atom. The third kappa shape index (κ3) is 4.19. The van der Waals surface area contributed by atoms with Gasteiger partial charge in [-0.3, -0.25) is 9.88 Å². The molecule has 2 rings (SSSR count). The molecule has 1 N–H and O–H groups in total. The summed E-state index contributed by atoms with van der Waals surface area (Å²) in [5, 5.41) is 9.97. The van der Waals surface area contributed by atoms with Crippen LogP contribution >= 0.6 is 0 Å². The SMILES string of the molecule is CC(O)(c1ccc(N2CCN(CCC=O)CC2)cn1)[Si](C)(C)C. The van der Waals surface area contributed by atoms with Crippen LogP contribution in [0.5, 0.6) is 0 Å². The van der Waals surface area contributed by atoms with Crippen molar-refractivity contribution in [1.82, 2.24) is 9.88 Å². The molecular weight excluding hydrogens is 306 g/mol. The molecule has 6 heteroatoms. The Morgan fingerprint density at radius 1 is 1.26 bits per heavy atom. The lowest BCUT2D eigenvalue weighted by Gasteiger charge is -2.37. The normalized spacial score (nSPS) is 19.4. The van der Waals surface area contributed by atoms with Crippen molar-refractivity contribution in [1.29, 1.82) is 0 Å². The number of aldehydes is 1. The summed E-state index contributed by atoms with van der Waals surface area (Å²) < 4.78 is 0. The minimum absolute atomic E-state index is 0.613. The van der Waals surface area contributed by atoms with Gasteiger partial charge in [0.15, 0.2) is 0 Å². The van der Waals surface area contributed by atoms with E-state index in [1.807, 2.05) is 19.2 Å². The summed E-state index contributed by atoms with van der Waals surface area (Å²) in [6.07, 6.45) is 3.48. The zero-order valence-corrected chi connectivity index (χ0v) is 15.7. The van der Waals surface area contributed by atoms with Crippen LogP contribution in [0.1, 0.15) is 19.0 Å². The highest BCUT2D eigenvalue weighted by Crippen LogP contribution is 2.30. The largest absolute Gasteiger partial charge is 0.388 e. The highest BCUT2D eigenvalue weighted by molar-refractivity contribution is 6.78. The van der Waals surface area contributed by atoms with Crippen LogP contribution in [0, 0.1) is 0 Å². The first-order valence-corrected chi connectivity index (χ1v) is 11.9. The van der Waals surface area contributed by atoms with Crippen LogP contribution in [0.25, 0.3) is 0 Å². The summed E-state index contributed by atoms with van der Waals surface area (Å²) in [4.78, 5) is 19.6. The predicted molar refractivity (Wildman–Crippen MR) is 96.5 cm³/mol. The zero-order valence-electron chi connectivity index (χ0n) is 14.7. The zero-order chi connectivity index (χ0) is 17.1. The molecule has 0 aliphatic carbocycles. The predicted octanol–water partition coefficient (Wildman–Crippen LogP) is 1.88. The summed E-state index contributed by atoms with van der Waals surface area (Å²) >= 11 is 0. The first-order chi connectivity index (χ1) is 10.8. The van der Waals surface area contributed by atoms with Gasteiger partial charge in [-0.05, 0) is 19.1 Å². The van der Waals surface area contributed by atoms with Gasteiger partial charge in [0, 0.05) is 39.1 Å². The van der Waals surface area contributed by atoms with Gasteiger partial charge in [-0.25, -0.2) is 0 Å². The Bertz CT molecular complexity index is 518. The third-order valence-electron chi connectivity index (χ3n) is 5.01. The Labute approximate surface area is 140 Å². The first kappa shape index (κ1) is 18.1. The number of piperazine rings is 1. The Hall–Kier alpha value is -1.24. The number of hydrogen-bond acceptors (Lipinski definition) is 5. The van der Waals surface area contributed by atoms with E-state index in [1.54, 1.807) is 0 Å². The Balaban J connectivity index is 2.00. The molecular formula is C17H29N3O2Si. The molecule has 5 nitrogen and oxygen atoms in total. The van der Waals surface area contributed by atoms with Crippen LogP contribution < -0.4 is 4.90 Å². The van der Waals surface area contributed by atoms with E-state index < -0.39 is 13.3 Å². The van der Waals surface area contributed by atoms with Crippen LogP contribution in [0.15, 0.2) is 18.3 Å². The van der Waals surface area contributed by atoms with Crippen molar-refractivity contribution in [2.75, 3.05) is 37.6 Å². The number of aromatic nitrogens is 1. The van der Waals surface area contributed by atoms with Crippen molar-refractivity contribution in [3.05, 3.63) is 24.0 Å². The molecule has 1 saturated heterocycles. The van der Waals surface area contributed by atoms with Gasteiger partial charge in [-0.2, -0.15) is 0 Å². The molecule has 23 heavy (non-hydrogen) atoms. The third-order valence-corrected chi connectivity index (χ3v) is 8.18. The summed E-state index contributed by atoms with van der Waals surface area (Å²) in [6.45, 7) is 13.0. The Morgan fingerprint density at radius 3 is 2.39 bits per heavy atom. The molecule has 2 heterocycles. The van der Waals surface area contributed by atoms with E-state index in [1.165, 1.54) is 0 Å². The van der Waals surface area contributed by atoms with Gasteiger partial charge in [0.25, 0.3) is 0 Å². The number of aliphatic hydroxyl groups is 1. The van der Waals surface area contributed by atoms with E-state index in [2.05, 4.69) is 40.5 Å². The lowest BCUT2D eigenvalue weighted by molar-refractivity contribution is -0.108. The minimum atomic E-state index is -1.76. The van der Waals surface area contributed by atoms with Crippen molar-refractivity contribution in [2.45, 2.75) is 38.2 Å². The molecule has 1 fully saturated rings. The standard InChI is InChI=1S/C17H29N3O2Si/c1-17(22,23(2,3)4)16-7-6-15(14-18-16)20-11-9-19(10-12-20)8-5-13-21/h6-7,13-14,22H,5,8-12H2,1-4H3. The van der Waals surface area contributed by atoms with E-state index in [-0.39, 0.29) is 0 Å². The fourth-order valence-electron chi connectivity index (χ4n) is 2.71. The number of rotatable bonds is 6. The van der Waals surface area contributed by atoms with Gasteiger partial charge < -0.3 is 14.8 Å². The van der Waals surface area contributed by atoms with E-state index in [9.17, 15) is 9.90 Å². The molecule has 1 aliphatic rings. The molecule has 128 valence electrons. The van der Waals surface area contributed by atoms with E-state index in [0.717, 1.165) is 50.4 Å². The molecule has 0 spiro atoms. The molecule has 1 aromatic heterocycles. The van der Waals surface area contributed by atoms with Crippen LogP contribution in [0.3, 0.4) is 0 Å². The average molecular weight is 336 g/mol. The summed E-state index contributed by atoms with van der Waals surface area (Å²) in [7, 11) is -1.76. The maximum Gasteiger partial charge on any atom is 0.121 e.